The molecule has 0 bridgehead atoms. The highest BCUT2D eigenvalue weighted by Gasteiger charge is 2.34. The first-order valence-electron chi connectivity index (χ1n) is 8.92. The maximum absolute atomic E-state index is 12.3. The summed E-state index contributed by atoms with van der Waals surface area (Å²) in [5, 5.41) is 3.00. The van der Waals surface area contributed by atoms with Crippen molar-refractivity contribution in [3.8, 4) is 0 Å². The lowest BCUT2D eigenvalue weighted by Crippen LogP contribution is -2.41. The van der Waals surface area contributed by atoms with Crippen LogP contribution in [-0.2, 0) is 16.1 Å². The van der Waals surface area contributed by atoms with Gasteiger partial charge in [0.05, 0.1) is 18.7 Å². The molecule has 0 aromatic carbocycles. The zero-order valence-electron chi connectivity index (χ0n) is 14.4. The van der Waals surface area contributed by atoms with Crippen LogP contribution >= 0.6 is 0 Å². The van der Waals surface area contributed by atoms with Crippen molar-refractivity contribution in [3.05, 3.63) is 24.2 Å². The number of nitrogens with zero attached hydrogens (tertiary/aromatic N) is 2. The predicted molar refractivity (Wildman–Crippen MR) is 90.1 cm³/mol. The minimum atomic E-state index is -0.243. The van der Waals surface area contributed by atoms with E-state index in [1.807, 2.05) is 12.1 Å². The maximum atomic E-state index is 12.3. The summed E-state index contributed by atoms with van der Waals surface area (Å²) in [4.78, 5) is 28.5. The largest absolute Gasteiger partial charge is 0.467 e. The Morgan fingerprint density at radius 3 is 3.04 bits per heavy atom. The summed E-state index contributed by atoms with van der Waals surface area (Å²) in [5.41, 5.74) is 0. The predicted octanol–water partition coefficient (Wildman–Crippen LogP) is 1.48. The van der Waals surface area contributed by atoms with Crippen molar-refractivity contribution in [3.63, 3.8) is 0 Å². The molecule has 0 radical (unpaired) electrons. The molecule has 6 nitrogen and oxygen atoms in total. The second-order valence-electron chi connectivity index (χ2n) is 7.09. The lowest BCUT2D eigenvalue weighted by Gasteiger charge is -2.30. The fourth-order valence-electron chi connectivity index (χ4n) is 3.66. The number of amides is 2. The highest BCUT2D eigenvalue weighted by atomic mass is 16.3. The van der Waals surface area contributed by atoms with E-state index >= 15 is 0 Å². The van der Waals surface area contributed by atoms with Crippen LogP contribution in [0.15, 0.2) is 22.8 Å². The van der Waals surface area contributed by atoms with Crippen molar-refractivity contribution in [2.75, 3.05) is 32.7 Å². The number of piperidine rings is 1. The summed E-state index contributed by atoms with van der Waals surface area (Å²) < 4.78 is 5.28. The highest BCUT2D eigenvalue weighted by Crippen LogP contribution is 2.20. The molecule has 0 aliphatic carbocycles. The molecule has 3 heterocycles. The summed E-state index contributed by atoms with van der Waals surface area (Å²) in [6, 6.07) is 3.65. The van der Waals surface area contributed by atoms with Gasteiger partial charge in [-0.25, -0.2) is 0 Å². The SMILES string of the molecule is C[C@H]1CCCN(CCNC(=O)[C@H]2CC(=O)N(Cc3ccco3)C2)C1. The Hall–Kier alpha value is -1.82. The van der Waals surface area contributed by atoms with Crippen molar-refractivity contribution in [2.24, 2.45) is 11.8 Å². The molecule has 0 saturated carbocycles. The molecule has 1 aromatic rings. The molecule has 2 amide bonds. The number of rotatable bonds is 6. The zero-order valence-corrected chi connectivity index (χ0v) is 14.4. The van der Waals surface area contributed by atoms with Gasteiger partial charge in [-0.15, -0.1) is 0 Å². The van der Waals surface area contributed by atoms with Crippen LogP contribution in [0.3, 0.4) is 0 Å². The molecule has 2 fully saturated rings. The molecule has 2 saturated heterocycles. The third-order valence-corrected chi connectivity index (χ3v) is 4.98. The number of nitrogens with one attached hydrogen (secondary N) is 1. The second-order valence-corrected chi connectivity index (χ2v) is 7.09. The summed E-state index contributed by atoms with van der Waals surface area (Å²) in [5.74, 6) is 1.28. The lowest BCUT2D eigenvalue weighted by molar-refractivity contribution is -0.129. The van der Waals surface area contributed by atoms with Gasteiger partial charge in [-0.2, -0.15) is 0 Å². The Morgan fingerprint density at radius 2 is 2.29 bits per heavy atom. The zero-order chi connectivity index (χ0) is 16.9. The van der Waals surface area contributed by atoms with E-state index in [2.05, 4.69) is 17.1 Å². The van der Waals surface area contributed by atoms with Crippen LogP contribution in [0.1, 0.15) is 31.9 Å². The Bertz CT molecular complexity index is 558. The second kappa shape index (κ2) is 7.83. The van der Waals surface area contributed by atoms with Crippen molar-refractivity contribution >= 4 is 11.8 Å². The molecule has 2 aliphatic rings. The average molecular weight is 333 g/mol. The van der Waals surface area contributed by atoms with Gasteiger partial charge in [-0.3, -0.25) is 9.59 Å². The third-order valence-electron chi connectivity index (χ3n) is 4.98. The molecule has 2 atom stereocenters. The first-order valence-corrected chi connectivity index (χ1v) is 8.92. The van der Waals surface area contributed by atoms with E-state index in [-0.39, 0.29) is 17.7 Å². The Labute approximate surface area is 143 Å². The molecule has 0 spiro atoms. The number of carbonyl (C=O) groups is 2. The number of hydrogen-bond donors (Lipinski definition) is 1. The van der Waals surface area contributed by atoms with E-state index in [1.165, 1.54) is 12.8 Å². The molecule has 1 N–H and O–H groups in total. The first-order chi connectivity index (χ1) is 11.6. The third kappa shape index (κ3) is 4.38. The van der Waals surface area contributed by atoms with Crippen LogP contribution in [0, 0.1) is 11.8 Å². The standard InChI is InChI=1S/C18H27N3O3/c1-14-4-2-7-20(11-14)8-6-19-18(23)15-10-17(22)21(12-15)13-16-5-3-9-24-16/h3,5,9,14-15H,2,4,6-8,10-13H2,1H3,(H,19,23)/t14-,15-/m0/s1. The number of carbonyl (C=O) groups excluding carboxylic acids is 2. The highest BCUT2D eigenvalue weighted by molar-refractivity contribution is 5.89. The molecular weight excluding hydrogens is 306 g/mol. The summed E-state index contributed by atoms with van der Waals surface area (Å²) in [6.45, 7) is 7.00. The summed E-state index contributed by atoms with van der Waals surface area (Å²) >= 11 is 0. The van der Waals surface area contributed by atoms with Gasteiger partial charge in [0.15, 0.2) is 0 Å². The monoisotopic (exact) mass is 333 g/mol. The molecule has 24 heavy (non-hydrogen) atoms. The van der Waals surface area contributed by atoms with Gasteiger partial charge in [-0.1, -0.05) is 6.92 Å². The fourth-order valence-corrected chi connectivity index (χ4v) is 3.66. The number of furan rings is 1. The molecule has 3 rings (SSSR count). The van der Waals surface area contributed by atoms with Gasteiger partial charge >= 0.3 is 0 Å². The van der Waals surface area contributed by atoms with Crippen molar-refractivity contribution in [1.82, 2.24) is 15.1 Å². The van der Waals surface area contributed by atoms with Crippen molar-refractivity contribution < 1.29 is 14.0 Å². The number of likely N-dealkylation sites (tertiary alicyclic amines) is 2. The van der Waals surface area contributed by atoms with Crippen LogP contribution < -0.4 is 5.32 Å². The summed E-state index contributed by atoms with van der Waals surface area (Å²) in [6.07, 6.45) is 4.45. The average Bonchev–Trinajstić information content (AvgIpc) is 3.18. The molecule has 132 valence electrons. The van der Waals surface area contributed by atoms with Crippen LogP contribution in [0.2, 0.25) is 0 Å². The van der Waals surface area contributed by atoms with Crippen LogP contribution in [0.4, 0.5) is 0 Å². The van der Waals surface area contributed by atoms with Crippen molar-refractivity contribution in [1.29, 1.82) is 0 Å². The summed E-state index contributed by atoms with van der Waals surface area (Å²) in [7, 11) is 0. The molecule has 6 heteroatoms. The van der Waals surface area contributed by atoms with Crippen LogP contribution in [0.5, 0.6) is 0 Å². The minimum Gasteiger partial charge on any atom is -0.467 e. The van der Waals surface area contributed by atoms with Gasteiger partial charge in [0, 0.05) is 32.6 Å². The van der Waals surface area contributed by atoms with E-state index in [0.29, 0.717) is 26.1 Å². The van der Waals surface area contributed by atoms with Gasteiger partial charge in [0.2, 0.25) is 11.8 Å². The molecular formula is C18H27N3O3. The van der Waals surface area contributed by atoms with E-state index in [9.17, 15) is 9.59 Å². The van der Waals surface area contributed by atoms with Gasteiger partial charge in [0.25, 0.3) is 0 Å². The van der Waals surface area contributed by atoms with Gasteiger partial charge < -0.3 is 19.5 Å². The lowest BCUT2D eigenvalue weighted by atomic mass is 10.0. The van der Waals surface area contributed by atoms with E-state index < -0.39 is 0 Å². The molecule has 1 aromatic heterocycles. The topological polar surface area (TPSA) is 65.8 Å². The Balaban J connectivity index is 1.40. The van der Waals surface area contributed by atoms with Gasteiger partial charge in [-0.05, 0) is 37.4 Å². The van der Waals surface area contributed by atoms with E-state index in [1.54, 1.807) is 11.2 Å². The fraction of sp³-hybridized carbons (Fsp3) is 0.667. The molecule has 0 unspecified atom stereocenters. The first kappa shape index (κ1) is 17.0. The maximum Gasteiger partial charge on any atom is 0.225 e. The number of hydrogen-bond acceptors (Lipinski definition) is 4. The van der Waals surface area contributed by atoms with E-state index in [4.69, 9.17) is 4.42 Å². The van der Waals surface area contributed by atoms with Gasteiger partial charge in [0.1, 0.15) is 5.76 Å². The van der Waals surface area contributed by atoms with Crippen molar-refractivity contribution in [2.45, 2.75) is 32.7 Å². The smallest absolute Gasteiger partial charge is 0.225 e. The Morgan fingerprint density at radius 1 is 1.42 bits per heavy atom. The van der Waals surface area contributed by atoms with Crippen LogP contribution in [0.25, 0.3) is 0 Å². The molecule has 2 aliphatic heterocycles. The normalized spacial score (nSPS) is 25.2. The Kier molecular flexibility index (Phi) is 5.56. The van der Waals surface area contributed by atoms with E-state index in [0.717, 1.165) is 31.3 Å². The van der Waals surface area contributed by atoms with Crippen LogP contribution in [-0.4, -0.2) is 54.3 Å². The minimum absolute atomic E-state index is 0.00430. The quantitative estimate of drug-likeness (QED) is 0.856.